The Labute approximate surface area is 130 Å². The topological polar surface area (TPSA) is 23.8 Å². The third kappa shape index (κ3) is 6.75. The van der Waals surface area contributed by atoms with Crippen molar-refractivity contribution >= 4 is 35.1 Å². The van der Waals surface area contributed by atoms with Crippen molar-refractivity contribution in [2.75, 3.05) is 0 Å². The second-order valence-corrected chi connectivity index (χ2v) is 6.17. The first-order chi connectivity index (χ1) is 9.27. The van der Waals surface area contributed by atoms with Crippen LogP contribution in [0.1, 0.15) is 0 Å². The average Bonchev–Trinajstić information content (AvgIpc) is 2.89. The van der Waals surface area contributed by atoms with Crippen molar-refractivity contribution in [3.8, 4) is 0 Å². The zero-order valence-electron chi connectivity index (χ0n) is 10.2. The Morgan fingerprint density at radius 2 is 1.42 bits per heavy atom. The summed E-state index contributed by atoms with van der Waals surface area (Å²) in [6, 6.07) is 23.8. The molecular weight excluding hydrogens is 313 g/mol. The van der Waals surface area contributed by atoms with Crippen molar-refractivity contribution in [2.45, 2.75) is 0 Å². The molecule has 0 radical (unpaired) electrons. The molecule has 4 heteroatoms. The summed E-state index contributed by atoms with van der Waals surface area (Å²) in [4.78, 5) is 0. The summed E-state index contributed by atoms with van der Waals surface area (Å²) in [5, 5.41) is 2.66. The van der Waals surface area contributed by atoms with Crippen molar-refractivity contribution in [1.29, 1.82) is 0 Å². The Morgan fingerprint density at radius 3 is 1.95 bits per heavy atom. The van der Waals surface area contributed by atoms with E-state index in [2.05, 4.69) is 42.5 Å². The number of fused-ring (bicyclic) bond motifs is 1. The Hall–Kier alpha value is -0.856. The molecule has 0 atom stereocenters. The van der Waals surface area contributed by atoms with Crippen LogP contribution < -0.4 is 0 Å². The minimum atomic E-state index is -0.556. The van der Waals surface area contributed by atoms with Gasteiger partial charge in [-0.3, -0.25) is 0 Å². The van der Waals surface area contributed by atoms with Crippen LogP contribution in [0, 0.1) is 0 Å². The van der Waals surface area contributed by atoms with Gasteiger partial charge in [-0.1, -0.05) is 36.4 Å². The molecule has 0 amide bonds. The van der Waals surface area contributed by atoms with Gasteiger partial charge in [0, 0.05) is 0 Å². The Morgan fingerprint density at radius 1 is 0.842 bits per heavy atom. The van der Waals surface area contributed by atoms with Gasteiger partial charge in [0.2, 0.25) is 0 Å². The number of hydrogen-bond acceptors (Lipinski definition) is 0. The fourth-order valence-electron chi connectivity index (χ4n) is 1.51. The first-order valence-corrected chi connectivity index (χ1v) is 9.91. The maximum Gasteiger partial charge on any atom is -0.0624 e. The molecule has 1 N–H and O–H groups in total. The molecule has 0 aromatic heterocycles. The minimum Gasteiger partial charge on any atom is -0.699 e. The number of nitrogens with one attached hydrogen (secondary N) is 1. The van der Waals surface area contributed by atoms with Crippen molar-refractivity contribution in [2.24, 2.45) is 0 Å². The van der Waals surface area contributed by atoms with E-state index in [0.717, 1.165) is 0 Å². The standard InChI is InChI=1S/C9H7.C6H6N.2ClH.Ti/c1-2-5-9-7-3-6-8(9)4-1;7-6-4-2-1-3-5-6;;;/h1-7H;1-5,7H;2*1H;/q2*-1;;;+2/p-2. The van der Waals surface area contributed by atoms with Crippen LogP contribution >= 0.6 is 18.6 Å². The van der Waals surface area contributed by atoms with Gasteiger partial charge in [0.25, 0.3) is 0 Å². The van der Waals surface area contributed by atoms with Crippen LogP contribution in [0.25, 0.3) is 16.5 Å². The molecule has 19 heavy (non-hydrogen) atoms. The third-order valence-electron chi connectivity index (χ3n) is 2.32. The number of rotatable bonds is 0. The summed E-state index contributed by atoms with van der Waals surface area (Å²) in [6.07, 6.45) is 0. The molecule has 0 aliphatic carbocycles. The van der Waals surface area contributed by atoms with Gasteiger partial charge < -0.3 is 5.73 Å². The van der Waals surface area contributed by atoms with Gasteiger partial charge in [-0.25, -0.2) is 0 Å². The van der Waals surface area contributed by atoms with E-state index in [4.69, 9.17) is 24.3 Å². The Kier molecular flexibility index (Phi) is 8.52. The van der Waals surface area contributed by atoms with Gasteiger partial charge in [0.1, 0.15) is 0 Å². The Bertz CT molecular complexity index is 536. The molecule has 3 rings (SSSR count). The molecule has 0 aliphatic heterocycles. The second-order valence-electron chi connectivity index (χ2n) is 3.59. The van der Waals surface area contributed by atoms with Crippen molar-refractivity contribution in [3.63, 3.8) is 0 Å². The average molecular weight is 326 g/mol. The van der Waals surface area contributed by atoms with E-state index in [1.54, 1.807) is 12.1 Å². The summed E-state index contributed by atoms with van der Waals surface area (Å²) in [5.41, 5.74) is 7.57. The summed E-state index contributed by atoms with van der Waals surface area (Å²) in [7, 11) is 9.78. The van der Waals surface area contributed by atoms with Crippen molar-refractivity contribution in [1.82, 2.24) is 0 Å². The van der Waals surface area contributed by atoms with Crippen molar-refractivity contribution < 1.29 is 17.0 Å². The fourth-order valence-corrected chi connectivity index (χ4v) is 1.51. The van der Waals surface area contributed by atoms with Crippen LogP contribution in [0.2, 0.25) is 0 Å². The zero-order valence-corrected chi connectivity index (χ0v) is 13.3. The summed E-state index contributed by atoms with van der Waals surface area (Å²) >= 11 is -0.556. The van der Waals surface area contributed by atoms with Crippen LogP contribution in [0.5, 0.6) is 0 Å². The minimum absolute atomic E-state index is 0.556. The van der Waals surface area contributed by atoms with Crippen LogP contribution in [0.15, 0.2) is 72.8 Å². The van der Waals surface area contributed by atoms with Gasteiger partial charge in [0.15, 0.2) is 0 Å². The van der Waals surface area contributed by atoms with E-state index in [1.165, 1.54) is 10.8 Å². The van der Waals surface area contributed by atoms with E-state index in [1.807, 2.05) is 18.2 Å². The van der Waals surface area contributed by atoms with E-state index < -0.39 is 17.0 Å². The normalized spacial score (nSPS) is 8.74. The van der Waals surface area contributed by atoms with E-state index in [-0.39, 0.29) is 0 Å². The maximum atomic E-state index is 7.00. The molecule has 0 saturated heterocycles. The fraction of sp³-hybridized carbons (Fsp3) is 0. The van der Waals surface area contributed by atoms with E-state index >= 15 is 0 Å². The maximum absolute atomic E-state index is 7.00. The van der Waals surface area contributed by atoms with E-state index in [0.29, 0.717) is 5.69 Å². The largest absolute Gasteiger partial charge is 0.699 e. The van der Waals surface area contributed by atoms with Gasteiger partial charge >= 0.3 is 35.6 Å². The van der Waals surface area contributed by atoms with Gasteiger partial charge in [-0.05, 0) is 0 Å². The number of benzene rings is 2. The van der Waals surface area contributed by atoms with Crippen LogP contribution in [0.3, 0.4) is 0 Å². The molecule has 0 heterocycles. The monoisotopic (exact) mass is 325 g/mol. The first kappa shape index (κ1) is 16.2. The van der Waals surface area contributed by atoms with Crippen LogP contribution in [0.4, 0.5) is 5.69 Å². The van der Waals surface area contributed by atoms with Crippen LogP contribution in [-0.4, -0.2) is 0 Å². The molecule has 0 aliphatic rings. The summed E-state index contributed by atoms with van der Waals surface area (Å²) in [5.74, 6) is 0. The molecule has 98 valence electrons. The number of hydrogen-bond donors (Lipinski definition) is 0. The number of halogens is 2. The quantitative estimate of drug-likeness (QED) is 0.342. The van der Waals surface area contributed by atoms with Gasteiger partial charge in [0.05, 0.1) is 0 Å². The Balaban J connectivity index is 0.000000162. The van der Waals surface area contributed by atoms with E-state index in [9.17, 15) is 0 Å². The molecule has 1 nitrogen and oxygen atoms in total. The zero-order chi connectivity index (χ0) is 13.9. The predicted octanol–water partition coefficient (Wildman–Crippen LogP) is 6.31. The molecule has 0 bridgehead atoms. The first-order valence-electron chi connectivity index (χ1n) is 5.61. The van der Waals surface area contributed by atoms with Crippen molar-refractivity contribution in [3.05, 3.63) is 78.5 Å². The van der Waals surface area contributed by atoms with Crippen LogP contribution in [-0.2, 0) is 17.0 Å². The molecule has 0 spiro atoms. The molecule has 3 aromatic carbocycles. The SMILES string of the molecule is [Cl][Ti][Cl].[NH-]c1ccccc1.c1ccc2[cH-]ccc2c1. The molecule has 0 saturated carbocycles. The summed E-state index contributed by atoms with van der Waals surface area (Å²) < 4.78 is 0. The third-order valence-corrected chi connectivity index (χ3v) is 2.32. The second kappa shape index (κ2) is 9.99. The molecule has 0 unspecified atom stereocenters. The molecule has 0 fully saturated rings. The molecular formula is C15H13Cl2NTi-2. The van der Waals surface area contributed by atoms with Gasteiger partial charge in [-0.2, -0.15) is 17.5 Å². The predicted molar refractivity (Wildman–Crippen MR) is 81.7 cm³/mol. The summed E-state index contributed by atoms with van der Waals surface area (Å²) in [6.45, 7) is 0. The smallest absolute Gasteiger partial charge is 0.0624 e. The van der Waals surface area contributed by atoms with Gasteiger partial charge in [-0.15, -0.1) is 35.3 Å². The molecule has 3 aromatic rings.